The predicted molar refractivity (Wildman–Crippen MR) is 110 cm³/mol. The molecule has 1 aromatic rings. The van der Waals surface area contributed by atoms with E-state index in [1.165, 1.54) is 30.6 Å². The Bertz CT molecular complexity index is 445. The second-order valence-corrected chi connectivity index (χ2v) is 7.04. The van der Waals surface area contributed by atoms with Gasteiger partial charge in [0.1, 0.15) is 0 Å². The van der Waals surface area contributed by atoms with Gasteiger partial charge in [0.25, 0.3) is 0 Å². The van der Waals surface area contributed by atoms with E-state index >= 15 is 0 Å². The Kier molecular flexibility index (Phi) is 10.1. The number of aliphatic imine (C=N–C) groups is 1. The minimum atomic E-state index is 0. The lowest BCUT2D eigenvalue weighted by atomic mass is 9.83. The Labute approximate surface area is 161 Å². The first kappa shape index (κ1) is 20.7. The maximum atomic E-state index is 5.58. The van der Waals surface area contributed by atoms with Gasteiger partial charge in [0.05, 0.1) is 6.54 Å². The number of rotatable bonds is 8. The monoisotopic (exact) mass is 451 g/mol. The van der Waals surface area contributed by atoms with Crippen molar-refractivity contribution in [3.63, 3.8) is 0 Å². The number of thiophene rings is 1. The lowest BCUT2D eigenvalue weighted by molar-refractivity contribution is 0.105. The highest BCUT2D eigenvalue weighted by atomic mass is 127. The predicted octanol–water partition coefficient (Wildman–Crippen LogP) is 4.02. The minimum absolute atomic E-state index is 0. The fraction of sp³-hybridized carbons (Fsp3) is 0.706. The molecule has 1 aromatic heterocycles. The molecule has 4 nitrogen and oxygen atoms in total. The third kappa shape index (κ3) is 6.97. The van der Waals surface area contributed by atoms with E-state index in [1.807, 2.05) is 7.05 Å². The summed E-state index contributed by atoms with van der Waals surface area (Å²) in [6.45, 7) is 5.58. The zero-order valence-corrected chi connectivity index (χ0v) is 17.4. The van der Waals surface area contributed by atoms with Crippen molar-refractivity contribution >= 4 is 41.3 Å². The molecule has 0 aromatic carbocycles. The van der Waals surface area contributed by atoms with Gasteiger partial charge in [-0.15, -0.1) is 35.3 Å². The second kappa shape index (κ2) is 11.3. The molecule has 132 valence electrons. The summed E-state index contributed by atoms with van der Waals surface area (Å²) in [5, 5.41) is 9.03. The van der Waals surface area contributed by atoms with Crippen LogP contribution in [0.2, 0.25) is 0 Å². The molecule has 0 bridgehead atoms. The zero-order valence-electron chi connectivity index (χ0n) is 14.3. The Morgan fingerprint density at radius 1 is 1.35 bits per heavy atom. The van der Waals surface area contributed by atoms with E-state index in [1.54, 1.807) is 11.3 Å². The zero-order chi connectivity index (χ0) is 15.7. The topological polar surface area (TPSA) is 45.6 Å². The van der Waals surface area contributed by atoms with Gasteiger partial charge in [-0.25, -0.2) is 0 Å². The van der Waals surface area contributed by atoms with Crippen molar-refractivity contribution in [2.45, 2.75) is 45.6 Å². The summed E-state index contributed by atoms with van der Waals surface area (Å²) < 4.78 is 5.58. The molecule has 1 fully saturated rings. The molecule has 1 aliphatic carbocycles. The van der Waals surface area contributed by atoms with Crippen LogP contribution in [0, 0.1) is 5.41 Å². The van der Waals surface area contributed by atoms with Crippen LogP contribution in [0.25, 0.3) is 0 Å². The molecule has 6 heteroatoms. The maximum absolute atomic E-state index is 5.58. The smallest absolute Gasteiger partial charge is 0.191 e. The van der Waals surface area contributed by atoms with Gasteiger partial charge < -0.3 is 15.4 Å². The van der Waals surface area contributed by atoms with Gasteiger partial charge in [0.15, 0.2) is 5.96 Å². The molecule has 1 heterocycles. The first-order valence-electron chi connectivity index (χ1n) is 8.33. The SMILES string of the molecule is CCOCCC1(CNC(=NC)NCc2cccs2)CCCC1.I. The van der Waals surface area contributed by atoms with Crippen LogP contribution >= 0.6 is 35.3 Å². The molecule has 0 spiro atoms. The average molecular weight is 451 g/mol. The number of ether oxygens (including phenoxy) is 1. The van der Waals surface area contributed by atoms with Gasteiger partial charge in [-0.1, -0.05) is 18.9 Å². The van der Waals surface area contributed by atoms with Gasteiger partial charge >= 0.3 is 0 Å². The lowest BCUT2D eigenvalue weighted by Gasteiger charge is -2.30. The normalized spacial score (nSPS) is 16.9. The van der Waals surface area contributed by atoms with Gasteiger partial charge in [-0.2, -0.15) is 0 Å². The summed E-state index contributed by atoms with van der Waals surface area (Å²) in [4.78, 5) is 5.67. The molecular formula is C17H30IN3OS. The Balaban J connectivity index is 0.00000264. The van der Waals surface area contributed by atoms with E-state index in [-0.39, 0.29) is 24.0 Å². The summed E-state index contributed by atoms with van der Waals surface area (Å²) in [5.41, 5.74) is 0.385. The van der Waals surface area contributed by atoms with Crippen LogP contribution in [0.1, 0.15) is 43.9 Å². The van der Waals surface area contributed by atoms with Crippen LogP contribution in [0.4, 0.5) is 0 Å². The Hall–Kier alpha value is -0.340. The summed E-state index contributed by atoms with van der Waals surface area (Å²) in [6, 6.07) is 4.23. The van der Waals surface area contributed by atoms with Gasteiger partial charge in [-0.3, -0.25) is 4.99 Å². The second-order valence-electron chi connectivity index (χ2n) is 6.01. The molecule has 1 aliphatic rings. The minimum Gasteiger partial charge on any atom is -0.382 e. The van der Waals surface area contributed by atoms with Crippen molar-refractivity contribution < 1.29 is 4.74 Å². The van der Waals surface area contributed by atoms with Gasteiger partial charge in [-0.05, 0) is 43.0 Å². The van der Waals surface area contributed by atoms with Crippen molar-refractivity contribution in [1.29, 1.82) is 0 Å². The molecular weight excluding hydrogens is 421 g/mol. The van der Waals surface area contributed by atoms with Crippen LogP contribution in [-0.4, -0.2) is 32.8 Å². The standard InChI is InChI=1S/C17H29N3OS.HI/c1-3-21-11-10-17(8-4-5-9-17)14-20-16(18-2)19-13-15-7-6-12-22-15;/h6-7,12H,3-5,8-11,13-14H2,1-2H3,(H2,18,19,20);1H. The van der Waals surface area contributed by atoms with Gasteiger partial charge in [0, 0.05) is 31.7 Å². The molecule has 2 rings (SSSR count). The van der Waals surface area contributed by atoms with Crippen molar-refractivity contribution in [3.05, 3.63) is 22.4 Å². The van der Waals surface area contributed by atoms with E-state index in [4.69, 9.17) is 4.74 Å². The first-order chi connectivity index (χ1) is 10.8. The molecule has 1 saturated carbocycles. The van der Waals surface area contributed by atoms with Crippen molar-refractivity contribution in [1.82, 2.24) is 10.6 Å². The highest BCUT2D eigenvalue weighted by molar-refractivity contribution is 14.0. The Morgan fingerprint density at radius 2 is 2.13 bits per heavy atom. The summed E-state index contributed by atoms with van der Waals surface area (Å²) in [6.07, 6.45) is 6.43. The number of guanidine groups is 1. The Morgan fingerprint density at radius 3 is 2.74 bits per heavy atom. The number of hydrogen-bond acceptors (Lipinski definition) is 3. The quantitative estimate of drug-likeness (QED) is 0.272. The van der Waals surface area contributed by atoms with Crippen molar-refractivity contribution in [3.8, 4) is 0 Å². The number of halogens is 1. The lowest BCUT2D eigenvalue weighted by Crippen LogP contribution is -2.43. The third-order valence-electron chi connectivity index (χ3n) is 4.51. The van der Waals surface area contributed by atoms with Crippen molar-refractivity contribution in [2.75, 3.05) is 26.8 Å². The summed E-state index contributed by atoms with van der Waals surface area (Å²) in [7, 11) is 1.84. The van der Waals surface area contributed by atoms with Crippen LogP contribution in [0.3, 0.4) is 0 Å². The summed E-state index contributed by atoms with van der Waals surface area (Å²) in [5.74, 6) is 0.899. The van der Waals surface area contributed by atoms with Crippen LogP contribution in [0.15, 0.2) is 22.5 Å². The average Bonchev–Trinajstić information content (AvgIpc) is 3.20. The fourth-order valence-electron chi connectivity index (χ4n) is 3.15. The fourth-order valence-corrected chi connectivity index (χ4v) is 3.79. The van der Waals surface area contributed by atoms with E-state index in [0.717, 1.165) is 38.7 Å². The molecule has 0 amide bonds. The number of nitrogens with one attached hydrogen (secondary N) is 2. The molecule has 0 unspecified atom stereocenters. The van der Waals surface area contributed by atoms with E-state index in [9.17, 15) is 0 Å². The largest absolute Gasteiger partial charge is 0.382 e. The third-order valence-corrected chi connectivity index (χ3v) is 5.39. The molecule has 0 aliphatic heterocycles. The molecule has 0 atom stereocenters. The number of nitrogens with zero attached hydrogens (tertiary/aromatic N) is 1. The molecule has 0 saturated heterocycles. The van der Waals surface area contributed by atoms with Crippen LogP contribution in [-0.2, 0) is 11.3 Å². The highest BCUT2D eigenvalue weighted by Gasteiger charge is 2.33. The summed E-state index contributed by atoms with van der Waals surface area (Å²) >= 11 is 1.77. The van der Waals surface area contributed by atoms with Gasteiger partial charge in [0.2, 0.25) is 0 Å². The van der Waals surface area contributed by atoms with Crippen molar-refractivity contribution in [2.24, 2.45) is 10.4 Å². The molecule has 2 N–H and O–H groups in total. The molecule has 0 radical (unpaired) electrons. The number of hydrogen-bond donors (Lipinski definition) is 2. The first-order valence-corrected chi connectivity index (χ1v) is 9.20. The highest BCUT2D eigenvalue weighted by Crippen LogP contribution is 2.40. The van der Waals surface area contributed by atoms with E-state index in [2.05, 4.69) is 40.1 Å². The molecule has 23 heavy (non-hydrogen) atoms. The van der Waals surface area contributed by atoms with Crippen LogP contribution < -0.4 is 10.6 Å². The van der Waals surface area contributed by atoms with Crippen LogP contribution in [0.5, 0.6) is 0 Å². The van der Waals surface area contributed by atoms with E-state index in [0.29, 0.717) is 5.41 Å². The van der Waals surface area contributed by atoms with E-state index < -0.39 is 0 Å². The maximum Gasteiger partial charge on any atom is 0.191 e.